The van der Waals surface area contributed by atoms with E-state index in [0.717, 1.165) is 17.9 Å². The molecule has 1 aliphatic rings. The highest BCUT2D eigenvalue weighted by Crippen LogP contribution is 2.19. The molecule has 146 valence electrons. The number of hydrogen-bond donors (Lipinski definition) is 2. The van der Waals surface area contributed by atoms with E-state index in [4.69, 9.17) is 4.74 Å². The zero-order valence-corrected chi connectivity index (χ0v) is 16.7. The van der Waals surface area contributed by atoms with Crippen molar-refractivity contribution in [3.63, 3.8) is 0 Å². The first-order chi connectivity index (χ1) is 12.4. The minimum absolute atomic E-state index is 0.0793. The monoisotopic (exact) mass is 382 g/mol. The molecule has 1 heterocycles. The zero-order valence-electron chi connectivity index (χ0n) is 15.9. The smallest absolute Gasteiger partial charge is 0.191 e. The fourth-order valence-corrected chi connectivity index (χ4v) is 4.37. The molecule has 1 aromatic rings. The first-order valence-electron chi connectivity index (χ1n) is 9.00. The standard InChI is InChI=1S/C18H30N4O3S/c1-4-19-18(21-16-9-12-26(23,24)14-16)20-13-15-7-5-6-8-17(15)25-11-10-22(2)3/h5-8,16H,4,9-14H2,1-3H3,(H2,19,20,21). The highest BCUT2D eigenvalue weighted by molar-refractivity contribution is 7.91. The van der Waals surface area contributed by atoms with E-state index >= 15 is 0 Å². The third kappa shape index (κ3) is 6.84. The van der Waals surface area contributed by atoms with Gasteiger partial charge >= 0.3 is 0 Å². The van der Waals surface area contributed by atoms with E-state index in [9.17, 15) is 8.42 Å². The van der Waals surface area contributed by atoms with Crippen molar-refractivity contribution >= 4 is 15.8 Å². The number of benzene rings is 1. The number of nitrogens with one attached hydrogen (secondary N) is 2. The normalized spacial score (nSPS) is 19.5. The van der Waals surface area contributed by atoms with E-state index in [1.165, 1.54) is 0 Å². The number of rotatable bonds is 8. The van der Waals surface area contributed by atoms with Crippen molar-refractivity contribution in [3.05, 3.63) is 29.8 Å². The molecule has 0 amide bonds. The van der Waals surface area contributed by atoms with Crippen LogP contribution in [0, 0.1) is 0 Å². The quantitative estimate of drug-likeness (QED) is 0.513. The third-order valence-corrected chi connectivity index (χ3v) is 5.86. The summed E-state index contributed by atoms with van der Waals surface area (Å²) < 4.78 is 29.1. The van der Waals surface area contributed by atoms with Gasteiger partial charge in [0.05, 0.1) is 18.1 Å². The molecule has 8 heteroatoms. The molecule has 1 saturated heterocycles. The zero-order chi connectivity index (χ0) is 19.0. The number of nitrogens with zero attached hydrogens (tertiary/aromatic N) is 2. The maximum Gasteiger partial charge on any atom is 0.191 e. The second kappa shape index (κ2) is 9.78. The first-order valence-corrected chi connectivity index (χ1v) is 10.8. The summed E-state index contributed by atoms with van der Waals surface area (Å²) in [6, 6.07) is 7.78. The number of likely N-dealkylation sites (N-methyl/N-ethyl adjacent to an activating group) is 1. The van der Waals surface area contributed by atoms with Gasteiger partial charge in [0, 0.05) is 24.7 Å². The maximum atomic E-state index is 11.6. The van der Waals surface area contributed by atoms with E-state index < -0.39 is 9.84 Å². The summed E-state index contributed by atoms with van der Waals surface area (Å²) >= 11 is 0. The number of para-hydroxylation sites is 1. The number of aliphatic imine (C=N–C) groups is 1. The Hall–Kier alpha value is -1.80. The SMILES string of the molecule is CCNC(=NCc1ccccc1OCCN(C)C)NC1CCS(=O)(=O)C1. The van der Waals surface area contributed by atoms with Crippen LogP contribution in [0.1, 0.15) is 18.9 Å². The Bertz CT molecular complexity index is 704. The van der Waals surface area contributed by atoms with Crippen LogP contribution < -0.4 is 15.4 Å². The lowest BCUT2D eigenvalue weighted by atomic mass is 10.2. The van der Waals surface area contributed by atoms with Crippen LogP contribution in [-0.2, 0) is 16.4 Å². The van der Waals surface area contributed by atoms with Crippen molar-refractivity contribution in [1.29, 1.82) is 0 Å². The van der Waals surface area contributed by atoms with Crippen LogP contribution in [0.4, 0.5) is 0 Å². The van der Waals surface area contributed by atoms with E-state index in [0.29, 0.717) is 32.1 Å². The summed E-state index contributed by atoms with van der Waals surface area (Å²) in [7, 11) is 1.11. The lowest BCUT2D eigenvalue weighted by Gasteiger charge is -2.16. The predicted octanol–water partition coefficient (Wildman–Crippen LogP) is 0.869. The second-order valence-corrected chi connectivity index (χ2v) is 8.93. The van der Waals surface area contributed by atoms with Crippen LogP contribution in [0.5, 0.6) is 5.75 Å². The molecule has 1 fully saturated rings. The lowest BCUT2D eigenvalue weighted by molar-refractivity contribution is 0.259. The molecule has 1 unspecified atom stereocenters. The van der Waals surface area contributed by atoms with E-state index in [-0.39, 0.29) is 17.5 Å². The molecule has 0 bridgehead atoms. The molecule has 1 atom stereocenters. The first kappa shape index (κ1) is 20.5. The number of hydrogen-bond acceptors (Lipinski definition) is 5. The molecule has 7 nitrogen and oxygen atoms in total. The van der Waals surface area contributed by atoms with Crippen LogP contribution in [0.15, 0.2) is 29.3 Å². The highest BCUT2D eigenvalue weighted by Gasteiger charge is 2.28. The summed E-state index contributed by atoms with van der Waals surface area (Å²) in [5, 5.41) is 6.41. The topological polar surface area (TPSA) is 83.0 Å². The van der Waals surface area contributed by atoms with Gasteiger partial charge in [-0.05, 0) is 33.5 Å². The average Bonchev–Trinajstić information content (AvgIpc) is 2.92. The summed E-state index contributed by atoms with van der Waals surface area (Å²) in [6.45, 7) is 4.63. The average molecular weight is 383 g/mol. The number of sulfone groups is 1. The van der Waals surface area contributed by atoms with Gasteiger partial charge < -0.3 is 20.3 Å². The van der Waals surface area contributed by atoms with Gasteiger partial charge in [-0.1, -0.05) is 18.2 Å². The van der Waals surface area contributed by atoms with Gasteiger partial charge in [-0.3, -0.25) is 0 Å². The molecule has 0 radical (unpaired) electrons. The van der Waals surface area contributed by atoms with Crippen LogP contribution in [0.2, 0.25) is 0 Å². The predicted molar refractivity (Wildman–Crippen MR) is 106 cm³/mol. The van der Waals surface area contributed by atoms with E-state index in [1.807, 2.05) is 45.3 Å². The van der Waals surface area contributed by atoms with Gasteiger partial charge in [0.2, 0.25) is 0 Å². The molecule has 0 spiro atoms. The van der Waals surface area contributed by atoms with Crippen LogP contribution in [0.3, 0.4) is 0 Å². The Morgan fingerprint density at radius 2 is 2.12 bits per heavy atom. The minimum atomic E-state index is -2.92. The Morgan fingerprint density at radius 3 is 2.77 bits per heavy atom. The van der Waals surface area contributed by atoms with Crippen molar-refractivity contribution in [2.75, 3.05) is 45.3 Å². The summed E-state index contributed by atoms with van der Waals surface area (Å²) in [5.74, 6) is 1.88. The second-order valence-electron chi connectivity index (χ2n) is 6.70. The lowest BCUT2D eigenvalue weighted by Crippen LogP contribution is -2.44. The van der Waals surface area contributed by atoms with Gasteiger partial charge in [0.25, 0.3) is 0 Å². The van der Waals surface area contributed by atoms with E-state index in [2.05, 4.69) is 20.5 Å². The van der Waals surface area contributed by atoms with Gasteiger partial charge in [-0.2, -0.15) is 0 Å². The summed E-state index contributed by atoms with van der Waals surface area (Å²) in [6.07, 6.45) is 0.622. The molecule has 26 heavy (non-hydrogen) atoms. The van der Waals surface area contributed by atoms with Crippen molar-refractivity contribution in [1.82, 2.24) is 15.5 Å². The number of guanidine groups is 1. The van der Waals surface area contributed by atoms with Crippen molar-refractivity contribution in [3.8, 4) is 5.75 Å². The Balaban J connectivity index is 2.00. The molecule has 1 aromatic carbocycles. The Morgan fingerprint density at radius 1 is 1.35 bits per heavy atom. The van der Waals surface area contributed by atoms with Gasteiger partial charge in [-0.15, -0.1) is 0 Å². The van der Waals surface area contributed by atoms with E-state index in [1.54, 1.807) is 0 Å². The van der Waals surface area contributed by atoms with Crippen LogP contribution in [0.25, 0.3) is 0 Å². The number of ether oxygens (including phenoxy) is 1. The molecule has 0 aliphatic carbocycles. The van der Waals surface area contributed by atoms with Crippen molar-refractivity contribution in [2.24, 2.45) is 4.99 Å². The van der Waals surface area contributed by atoms with Gasteiger partial charge in [0.1, 0.15) is 12.4 Å². The molecular weight excluding hydrogens is 352 g/mol. The highest BCUT2D eigenvalue weighted by atomic mass is 32.2. The van der Waals surface area contributed by atoms with Crippen molar-refractivity contribution < 1.29 is 13.2 Å². The fraction of sp³-hybridized carbons (Fsp3) is 0.611. The maximum absolute atomic E-state index is 11.6. The van der Waals surface area contributed by atoms with Crippen LogP contribution in [-0.4, -0.2) is 70.6 Å². The molecule has 0 aromatic heterocycles. The molecule has 2 N–H and O–H groups in total. The Kier molecular flexibility index (Phi) is 7.71. The van der Waals surface area contributed by atoms with Crippen LogP contribution >= 0.6 is 0 Å². The Labute approximate surface area is 156 Å². The summed E-state index contributed by atoms with van der Waals surface area (Å²) in [4.78, 5) is 6.68. The molecular formula is C18H30N4O3S. The minimum Gasteiger partial charge on any atom is -0.492 e. The third-order valence-electron chi connectivity index (χ3n) is 4.09. The summed E-state index contributed by atoms with van der Waals surface area (Å²) in [5.41, 5.74) is 1.00. The van der Waals surface area contributed by atoms with Crippen molar-refractivity contribution in [2.45, 2.75) is 25.9 Å². The fourth-order valence-electron chi connectivity index (χ4n) is 2.70. The van der Waals surface area contributed by atoms with Gasteiger partial charge in [0.15, 0.2) is 15.8 Å². The van der Waals surface area contributed by atoms with Gasteiger partial charge in [-0.25, -0.2) is 13.4 Å². The molecule has 0 saturated carbocycles. The molecule has 1 aliphatic heterocycles. The largest absolute Gasteiger partial charge is 0.492 e. The molecule has 2 rings (SSSR count).